The highest BCUT2D eigenvalue weighted by atomic mass is 16.7. The molecule has 0 aliphatic carbocycles. The molecule has 2 atom stereocenters. The zero-order chi connectivity index (χ0) is 47.5. The third-order valence-corrected chi connectivity index (χ3v) is 13.5. The minimum absolute atomic E-state index is 0.112. The molecule has 1 aliphatic heterocycles. The highest BCUT2D eigenvalue weighted by Gasteiger charge is 2.38. The van der Waals surface area contributed by atoms with Crippen LogP contribution in [0.15, 0.2) is 0 Å². The molecule has 1 fully saturated rings. The van der Waals surface area contributed by atoms with Crippen molar-refractivity contribution in [2.24, 2.45) is 0 Å². The van der Waals surface area contributed by atoms with Crippen molar-refractivity contribution in [3.63, 3.8) is 0 Å². The zero-order valence-corrected chi connectivity index (χ0v) is 43.6. The summed E-state index contributed by atoms with van der Waals surface area (Å²) in [6.07, 6.45) is 41.5. The lowest BCUT2D eigenvalue weighted by Crippen LogP contribution is -2.42. The summed E-state index contributed by atoms with van der Waals surface area (Å²) in [6.45, 7) is 13.3. The number of rotatable bonds is 48. The third kappa shape index (κ3) is 34.3. The molecule has 0 amide bonds. The van der Waals surface area contributed by atoms with Crippen LogP contribution in [0.5, 0.6) is 0 Å². The smallest absolute Gasteiger partial charge is 0.323 e. The summed E-state index contributed by atoms with van der Waals surface area (Å²) in [6, 6.07) is -0.413. The number of nitrogens with zero attached hydrogens (tertiary/aromatic N) is 1. The summed E-state index contributed by atoms with van der Waals surface area (Å²) < 4.78 is 24.8. The first-order valence-corrected chi connectivity index (χ1v) is 28.4. The first-order valence-electron chi connectivity index (χ1n) is 28.4. The first kappa shape index (κ1) is 61.3. The molecule has 1 unspecified atom stereocenters. The van der Waals surface area contributed by atoms with E-state index in [4.69, 9.17) is 18.9 Å². The average molecular weight is 922 g/mol. The molecule has 0 aromatic heterocycles. The van der Waals surface area contributed by atoms with E-state index in [9.17, 15) is 19.5 Å². The Morgan fingerprint density at radius 3 is 1.45 bits per heavy atom. The van der Waals surface area contributed by atoms with Gasteiger partial charge in [0.2, 0.25) is 5.79 Å². The average Bonchev–Trinajstić information content (AvgIpc) is 3.68. The number of esters is 3. The van der Waals surface area contributed by atoms with Gasteiger partial charge in [-0.15, -0.1) is 0 Å². The Labute approximate surface area is 401 Å². The minimum atomic E-state index is -0.824. The first-order chi connectivity index (χ1) is 31.7. The van der Waals surface area contributed by atoms with Crippen molar-refractivity contribution < 1.29 is 38.4 Å². The van der Waals surface area contributed by atoms with Crippen molar-refractivity contribution in [3.05, 3.63) is 0 Å². The maximum atomic E-state index is 13.6. The SMILES string of the molecule is CCCCCCCCCCCOC(=O)CCCCCN1CC(O)C[C@H]1C(=O)OCCCCCCCC(=O)OC(CCCCCC)(CCCCCC)OC(CCCCCC)CCCCCC. The molecule has 0 bridgehead atoms. The molecular formula is C56H107NO8. The fourth-order valence-electron chi connectivity index (χ4n) is 9.41. The number of β-amino-alcohol motifs (C(OH)–C–C–N with tert-alkyl or cyclic N) is 1. The van der Waals surface area contributed by atoms with Crippen LogP contribution in [-0.2, 0) is 33.3 Å². The van der Waals surface area contributed by atoms with E-state index in [0.717, 1.165) is 116 Å². The van der Waals surface area contributed by atoms with Gasteiger partial charge >= 0.3 is 17.9 Å². The molecule has 0 aromatic carbocycles. The van der Waals surface area contributed by atoms with Crippen LogP contribution in [0.4, 0.5) is 0 Å². The predicted octanol–water partition coefficient (Wildman–Crippen LogP) is 15.4. The van der Waals surface area contributed by atoms with Crippen LogP contribution in [0.3, 0.4) is 0 Å². The normalized spacial score (nSPS) is 15.6. The van der Waals surface area contributed by atoms with Gasteiger partial charge in [0, 0.05) is 38.6 Å². The van der Waals surface area contributed by atoms with Crippen LogP contribution in [0.25, 0.3) is 0 Å². The molecule has 9 heteroatoms. The van der Waals surface area contributed by atoms with E-state index < -0.39 is 17.9 Å². The van der Waals surface area contributed by atoms with Crippen LogP contribution < -0.4 is 0 Å². The topological polar surface area (TPSA) is 112 Å². The molecule has 9 nitrogen and oxygen atoms in total. The van der Waals surface area contributed by atoms with E-state index >= 15 is 0 Å². The lowest BCUT2D eigenvalue weighted by atomic mass is 9.97. The van der Waals surface area contributed by atoms with Crippen molar-refractivity contribution in [1.29, 1.82) is 0 Å². The number of carbonyl (C=O) groups is 3. The number of aliphatic hydroxyl groups is 1. The summed E-state index contributed by atoms with van der Waals surface area (Å²) in [7, 11) is 0. The maximum absolute atomic E-state index is 13.6. The zero-order valence-electron chi connectivity index (χ0n) is 43.6. The number of carbonyl (C=O) groups excluding carboxylic acids is 3. The van der Waals surface area contributed by atoms with E-state index in [2.05, 4.69) is 34.6 Å². The van der Waals surface area contributed by atoms with Gasteiger partial charge in [0.05, 0.1) is 25.4 Å². The molecule has 1 heterocycles. The molecule has 0 spiro atoms. The highest BCUT2D eigenvalue weighted by Crippen LogP contribution is 2.34. The molecule has 1 aliphatic rings. The fourth-order valence-corrected chi connectivity index (χ4v) is 9.41. The van der Waals surface area contributed by atoms with Crippen LogP contribution in [0.1, 0.15) is 291 Å². The molecule has 1 N–H and O–H groups in total. The van der Waals surface area contributed by atoms with E-state index in [1.807, 2.05) is 4.90 Å². The molecule has 0 aromatic rings. The van der Waals surface area contributed by atoms with Crippen molar-refractivity contribution in [1.82, 2.24) is 4.90 Å². The molecular weight excluding hydrogens is 815 g/mol. The molecule has 1 rings (SSSR count). The second kappa shape index (κ2) is 43.6. The summed E-state index contributed by atoms with van der Waals surface area (Å²) in [4.78, 5) is 40.9. The largest absolute Gasteiger partial charge is 0.466 e. The van der Waals surface area contributed by atoms with E-state index in [1.165, 1.54) is 122 Å². The second-order valence-corrected chi connectivity index (χ2v) is 19.9. The van der Waals surface area contributed by atoms with Gasteiger partial charge in [-0.1, -0.05) is 202 Å². The van der Waals surface area contributed by atoms with E-state index in [0.29, 0.717) is 45.6 Å². The Kier molecular flexibility index (Phi) is 41.1. The Morgan fingerprint density at radius 1 is 0.508 bits per heavy atom. The molecule has 65 heavy (non-hydrogen) atoms. The number of ether oxygens (including phenoxy) is 4. The van der Waals surface area contributed by atoms with Gasteiger partial charge in [0.15, 0.2) is 0 Å². The Morgan fingerprint density at radius 2 is 0.923 bits per heavy atom. The van der Waals surface area contributed by atoms with Gasteiger partial charge in [-0.05, 0) is 64.3 Å². The standard InChI is InChI=1S/C56H107NO8/c1-6-11-16-21-22-23-24-27-37-46-62-53(59)41-33-29-36-45-57-49-50(58)48-52(57)55(61)63-47-38-28-25-26-32-42-54(60)65-56(43-34-19-14-9-4,44-35-20-15-10-5)64-51(39-30-17-12-7-2)40-31-18-13-8-3/h50-52,58H,6-49H2,1-5H3/t50?,52-/m0/s1. The summed E-state index contributed by atoms with van der Waals surface area (Å²) in [5.74, 6) is -1.30. The van der Waals surface area contributed by atoms with E-state index in [1.54, 1.807) is 0 Å². The van der Waals surface area contributed by atoms with Crippen LogP contribution in [0.2, 0.25) is 0 Å². The Balaban J connectivity index is 2.48. The number of aliphatic hydroxyl groups excluding tert-OH is 1. The van der Waals surface area contributed by atoms with Gasteiger partial charge in [-0.2, -0.15) is 0 Å². The second-order valence-electron chi connectivity index (χ2n) is 19.9. The maximum Gasteiger partial charge on any atom is 0.323 e. The summed E-state index contributed by atoms with van der Waals surface area (Å²) in [5.41, 5.74) is 0. The third-order valence-electron chi connectivity index (χ3n) is 13.5. The van der Waals surface area contributed by atoms with Gasteiger partial charge in [0.1, 0.15) is 6.04 Å². The highest BCUT2D eigenvalue weighted by molar-refractivity contribution is 5.76. The lowest BCUT2D eigenvalue weighted by Gasteiger charge is -2.37. The fraction of sp³-hybridized carbons (Fsp3) is 0.946. The monoisotopic (exact) mass is 922 g/mol. The van der Waals surface area contributed by atoms with Gasteiger partial charge in [0.25, 0.3) is 0 Å². The van der Waals surface area contributed by atoms with Crippen molar-refractivity contribution >= 4 is 17.9 Å². The van der Waals surface area contributed by atoms with Gasteiger partial charge in [-0.25, -0.2) is 0 Å². The van der Waals surface area contributed by atoms with E-state index in [-0.39, 0.29) is 24.0 Å². The van der Waals surface area contributed by atoms with Gasteiger partial charge < -0.3 is 24.1 Å². The number of hydrogen-bond acceptors (Lipinski definition) is 9. The summed E-state index contributed by atoms with van der Waals surface area (Å²) in [5, 5.41) is 10.4. The van der Waals surface area contributed by atoms with Crippen molar-refractivity contribution in [3.8, 4) is 0 Å². The predicted molar refractivity (Wildman–Crippen MR) is 270 cm³/mol. The summed E-state index contributed by atoms with van der Waals surface area (Å²) >= 11 is 0. The Hall–Kier alpha value is -1.71. The number of likely N-dealkylation sites (tertiary alicyclic amines) is 1. The molecule has 1 saturated heterocycles. The lowest BCUT2D eigenvalue weighted by molar-refractivity contribution is -0.259. The molecule has 0 saturated carbocycles. The van der Waals surface area contributed by atoms with Crippen LogP contribution >= 0.6 is 0 Å². The minimum Gasteiger partial charge on any atom is -0.466 e. The van der Waals surface area contributed by atoms with Crippen molar-refractivity contribution in [2.45, 2.75) is 315 Å². The van der Waals surface area contributed by atoms with Crippen molar-refractivity contribution in [2.75, 3.05) is 26.3 Å². The van der Waals surface area contributed by atoms with Crippen LogP contribution in [0, 0.1) is 0 Å². The quantitative estimate of drug-likeness (QED) is 0.0276. The molecule has 0 radical (unpaired) electrons. The number of hydrogen-bond donors (Lipinski definition) is 1. The Bertz CT molecular complexity index is 1080. The van der Waals surface area contributed by atoms with Gasteiger partial charge in [-0.3, -0.25) is 19.3 Å². The molecule has 384 valence electrons. The number of unbranched alkanes of at least 4 members (excludes halogenated alkanes) is 26. The van der Waals surface area contributed by atoms with Crippen LogP contribution in [-0.4, -0.2) is 78.3 Å².